The Morgan fingerprint density at radius 3 is 2.60 bits per heavy atom. The maximum absolute atomic E-state index is 10.9. The summed E-state index contributed by atoms with van der Waals surface area (Å²) in [6.45, 7) is 5.70. The van der Waals surface area contributed by atoms with Crippen molar-refractivity contribution in [1.82, 2.24) is 4.57 Å². The van der Waals surface area contributed by atoms with E-state index >= 15 is 0 Å². The van der Waals surface area contributed by atoms with Gasteiger partial charge in [0.05, 0.1) is 5.60 Å². The van der Waals surface area contributed by atoms with Crippen molar-refractivity contribution >= 4 is 5.97 Å². The number of aromatic nitrogens is 1. The molecule has 0 saturated heterocycles. The number of aromatic carboxylic acids is 1. The maximum atomic E-state index is 10.9. The molecule has 0 spiro atoms. The molecule has 0 amide bonds. The van der Waals surface area contributed by atoms with Gasteiger partial charge in [-0.3, -0.25) is 0 Å². The second kappa shape index (κ2) is 4.06. The van der Waals surface area contributed by atoms with Crippen LogP contribution in [0.1, 0.15) is 36.3 Å². The molecule has 0 aromatic carbocycles. The van der Waals surface area contributed by atoms with Crippen LogP contribution in [0.4, 0.5) is 0 Å². The summed E-state index contributed by atoms with van der Waals surface area (Å²) in [4.78, 5) is 10.9. The van der Waals surface area contributed by atoms with Gasteiger partial charge in [0.2, 0.25) is 0 Å². The smallest absolute Gasteiger partial charge is 0.352 e. The van der Waals surface area contributed by atoms with Gasteiger partial charge in [0.25, 0.3) is 0 Å². The first-order chi connectivity index (χ1) is 6.81. The van der Waals surface area contributed by atoms with Gasteiger partial charge < -0.3 is 14.8 Å². The van der Waals surface area contributed by atoms with Crippen LogP contribution in [0.5, 0.6) is 0 Å². The number of carboxylic acids is 1. The van der Waals surface area contributed by atoms with Crippen molar-refractivity contribution in [2.45, 2.75) is 39.3 Å². The Bertz CT molecular complexity index is 360. The molecular weight excluding hydrogens is 194 g/mol. The normalized spacial score (nSPS) is 11.7. The van der Waals surface area contributed by atoms with Crippen LogP contribution in [-0.4, -0.2) is 26.4 Å². The summed E-state index contributed by atoms with van der Waals surface area (Å²) in [5.41, 5.74) is 0.283. The average molecular weight is 211 g/mol. The molecular formula is C11H17NO3. The number of hydrogen-bond acceptors (Lipinski definition) is 2. The van der Waals surface area contributed by atoms with E-state index in [0.29, 0.717) is 18.7 Å². The average Bonchev–Trinajstić information content (AvgIpc) is 2.42. The Morgan fingerprint density at radius 2 is 2.13 bits per heavy atom. The summed E-state index contributed by atoms with van der Waals surface area (Å²) in [5, 5.41) is 18.5. The summed E-state index contributed by atoms with van der Waals surface area (Å²) >= 11 is 0. The Hall–Kier alpha value is -1.29. The quantitative estimate of drug-likeness (QED) is 0.796. The second-order valence-corrected chi connectivity index (χ2v) is 4.41. The second-order valence-electron chi connectivity index (χ2n) is 4.41. The van der Waals surface area contributed by atoms with Gasteiger partial charge >= 0.3 is 5.97 Å². The van der Waals surface area contributed by atoms with Gasteiger partial charge in [0, 0.05) is 12.7 Å². The van der Waals surface area contributed by atoms with Crippen LogP contribution >= 0.6 is 0 Å². The molecule has 0 bridgehead atoms. The lowest BCUT2D eigenvalue weighted by Gasteiger charge is -2.17. The lowest BCUT2D eigenvalue weighted by Crippen LogP contribution is -2.22. The van der Waals surface area contributed by atoms with Crippen LogP contribution in [0, 0.1) is 6.92 Å². The van der Waals surface area contributed by atoms with E-state index in [9.17, 15) is 9.90 Å². The van der Waals surface area contributed by atoms with Gasteiger partial charge in [-0.05, 0) is 38.8 Å². The molecule has 2 N–H and O–H groups in total. The van der Waals surface area contributed by atoms with Crippen LogP contribution in [-0.2, 0) is 6.54 Å². The standard InChI is InChI=1S/C11H17NO3/c1-8-4-6-12(9(8)10(13)14)7-5-11(2,3)15/h4,6,15H,5,7H2,1-3H3,(H,13,14). The number of carbonyl (C=O) groups is 1. The number of aryl methyl sites for hydroxylation is 2. The van der Waals surface area contributed by atoms with E-state index in [2.05, 4.69) is 0 Å². The van der Waals surface area contributed by atoms with Gasteiger partial charge in [-0.25, -0.2) is 4.79 Å². The maximum Gasteiger partial charge on any atom is 0.352 e. The molecule has 0 radical (unpaired) electrons. The zero-order valence-corrected chi connectivity index (χ0v) is 9.32. The van der Waals surface area contributed by atoms with E-state index in [0.717, 1.165) is 5.56 Å². The van der Waals surface area contributed by atoms with E-state index in [1.165, 1.54) is 0 Å². The molecule has 1 aromatic heterocycles. The molecule has 0 aliphatic carbocycles. The van der Waals surface area contributed by atoms with E-state index < -0.39 is 11.6 Å². The Kier molecular flexibility index (Phi) is 3.19. The van der Waals surface area contributed by atoms with Crippen LogP contribution in [0.25, 0.3) is 0 Å². The minimum Gasteiger partial charge on any atom is -0.477 e. The van der Waals surface area contributed by atoms with Crippen LogP contribution in [0.3, 0.4) is 0 Å². The van der Waals surface area contributed by atoms with Gasteiger partial charge in [0.1, 0.15) is 5.69 Å². The molecule has 0 unspecified atom stereocenters. The highest BCUT2D eigenvalue weighted by Gasteiger charge is 2.16. The number of carboxylic acid groups (broad SMARTS) is 1. The zero-order chi connectivity index (χ0) is 11.6. The molecule has 0 saturated carbocycles. The first-order valence-corrected chi connectivity index (χ1v) is 4.92. The van der Waals surface area contributed by atoms with E-state index in [-0.39, 0.29) is 0 Å². The molecule has 1 rings (SSSR count). The fraction of sp³-hybridized carbons (Fsp3) is 0.545. The minimum atomic E-state index is -0.923. The summed E-state index contributed by atoms with van der Waals surface area (Å²) < 4.78 is 1.66. The fourth-order valence-corrected chi connectivity index (χ4v) is 1.45. The summed E-state index contributed by atoms with van der Waals surface area (Å²) in [6.07, 6.45) is 2.27. The molecule has 15 heavy (non-hydrogen) atoms. The minimum absolute atomic E-state index is 0.305. The molecule has 1 aromatic rings. The highest BCUT2D eigenvalue weighted by molar-refractivity contribution is 5.87. The van der Waals surface area contributed by atoms with E-state index in [4.69, 9.17) is 5.11 Å². The van der Waals surface area contributed by atoms with Gasteiger partial charge in [-0.1, -0.05) is 0 Å². The van der Waals surface area contributed by atoms with Gasteiger partial charge in [-0.15, -0.1) is 0 Å². The van der Waals surface area contributed by atoms with Gasteiger partial charge in [0.15, 0.2) is 0 Å². The Balaban J connectivity index is 2.82. The third kappa shape index (κ3) is 3.09. The van der Waals surface area contributed by atoms with Gasteiger partial charge in [-0.2, -0.15) is 0 Å². The van der Waals surface area contributed by atoms with E-state index in [1.54, 1.807) is 37.6 Å². The largest absolute Gasteiger partial charge is 0.477 e. The summed E-state index contributed by atoms with van der Waals surface area (Å²) in [5.74, 6) is -0.923. The number of nitrogens with zero attached hydrogens (tertiary/aromatic N) is 1. The highest BCUT2D eigenvalue weighted by Crippen LogP contribution is 2.14. The molecule has 0 aliphatic rings. The number of hydrogen-bond donors (Lipinski definition) is 2. The lowest BCUT2D eigenvalue weighted by molar-refractivity contribution is 0.0619. The third-order valence-corrected chi connectivity index (χ3v) is 2.33. The molecule has 4 nitrogen and oxygen atoms in total. The van der Waals surface area contributed by atoms with Crippen molar-refractivity contribution in [2.24, 2.45) is 0 Å². The predicted molar refractivity (Wildman–Crippen MR) is 57.0 cm³/mol. The summed E-state index contributed by atoms with van der Waals surface area (Å²) in [7, 11) is 0. The summed E-state index contributed by atoms with van der Waals surface area (Å²) in [6, 6.07) is 1.77. The molecule has 0 atom stereocenters. The fourth-order valence-electron chi connectivity index (χ4n) is 1.45. The SMILES string of the molecule is Cc1ccn(CCC(C)(C)O)c1C(=O)O. The third-order valence-electron chi connectivity index (χ3n) is 2.33. The highest BCUT2D eigenvalue weighted by atomic mass is 16.4. The zero-order valence-electron chi connectivity index (χ0n) is 9.32. The van der Waals surface area contributed by atoms with E-state index in [1.807, 2.05) is 0 Å². The predicted octanol–water partition coefficient (Wildman–Crippen LogP) is 1.66. The number of aliphatic hydroxyl groups is 1. The van der Waals surface area contributed by atoms with Crippen LogP contribution in [0.15, 0.2) is 12.3 Å². The Labute approximate surface area is 89.2 Å². The topological polar surface area (TPSA) is 62.5 Å². The number of rotatable bonds is 4. The molecule has 0 aliphatic heterocycles. The molecule has 1 heterocycles. The van der Waals surface area contributed by atoms with Crippen LogP contribution in [0.2, 0.25) is 0 Å². The van der Waals surface area contributed by atoms with Crippen molar-refractivity contribution in [3.63, 3.8) is 0 Å². The molecule has 4 heteroatoms. The first-order valence-electron chi connectivity index (χ1n) is 4.92. The van der Waals surface area contributed by atoms with Crippen molar-refractivity contribution < 1.29 is 15.0 Å². The molecule has 84 valence electrons. The first kappa shape index (κ1) is 11.8. The van der Waals surface area contributed by atoms with Crippen molar-refractivity contribution in [1.29, 1.82) is 0 Å². The van der Waals surface area contributed by atoms with Crippen molar-refractivity contribution in [3.05, 3.63) is 23.5 Å². The molecule has 0 fully saturated rings. The monoisotopic (exact) mass is 211 g/mol. The Morgan fingerprint density at radius 1 is 1.53 bits per heavy atom. The van der Waals surface area contributed by atoms with Crippen molar-refractivity contribution in [3.8, 4) is 0 Å². The van der Waals surface area contributed by atoms with Crippen molar-refractivity contribution in [2.75, 3.05) is 0 Å². The van der Waals surface area contributed by atoms with Crippen LogP contribution < -0.4 is 0 Å². The lowest BCUT2D eigenvalue weighted by atomic mass is 10.1.